The first-order valence-corrected chi connectivity index (χ1v) is 7.56. The smallest absolute Gasteiger partial charge is 0.0729 e. The van der Waals surface area contributed by atoms with E-state index in [1.807, 2.05) is 0 Å². The molecule has 2 rings (SSSR count). The van der Waals surface area contributed by atoms with E-state index < -0.39 is 0 Å². The third-order valence-corrected chi connectivity index (χ3v) is 4.51. The third kappa shape index (κ3) is 3.96. The Bertz CT molecular complexity index is 221. The summed E-state index contributed by atoms with van der Waals surface area (Å²) in [4.78, 5) is 0. The van der Waals surface area contributed by atoms with E-state index in [0.29, 0.717) is 12.2 Å². The Labute approximate surface area is 106 Å². The minimum absolute atomic E-state index is 0.282. The van der Waals surface area contributed by atoms with Crippen molar-refractivity contribution in [2.75, 3.05) is 0 Å². The Morgan fingerprint density at radius 2 is 1.53 bits per heavy atom. The van der Waals surface area contributed by atoms with E-state index in [-0.39, 0.29) is 6.04 Å². The summed E-state index contributed by atoms with van der Waals surface area (Å²) in [5, 5.41) is 0. The molecular weight excluding hydrogens is 210 g/mol. The van der Waals surface area contributed by atoms with Gasteiger partial charge in [-0.05, 0) is 43.9 Å². The summed E-state index contributed by atoms with van der Waals surface area (Å²) in [5.41, 5.74) is 6.24. The quantitative estimate of drug-likeness (QED) is 0.749. The molecule has 2 heteroatoms. The van der Waals surface area contributed by atoms with Crippen LogP contribution in [0.15, 0.2) is 0 Å². The van der Waals surface area contributed by atoms with Gasteiger partial charge in [0.1, 0.15) is 0 Å². The van der Waals surface area contributed by atoms with Gasteiger partial charge in [0.15, 0.2) is 0 Å². The first-order valence-electron chi connectivity index (χ1n) is 7.56. The highest BCUT2D eigenvalue weighted by molar-refractivity contribution is 4.81. The van der Waals surface area contributed by atoms with Crippen molar-refractivity contribution in [1.82, 2.24) is 0 Å². The van der Waals surface area contributed by atoms with Crippen LogP contribution in [-0.4, -0.2) is 18.2 Å². The van der Waals surface area contributed by atoms with Crippen LogP contribution in [-0.2, 0) is 4.74 Å². The third-order valence-electron chi connectivity index (χ3n) is 4.51. The Balaban J connectivity index is 1.85. The summed E-state index contributed by atoms with van der Waals surface area (Å²) in [6.45, 7) is 4.72. The second-order valence-electron chi connectivity index (χ2n) is 6.52. The first-order chi connectivity index (χ1) is 8.15. The molecule has 0 saturated heterocycles. The van der Waals surface area contributed by atoms with E-state index in [2.05, 4.69) is 13.8 Å². The van der Waals surface area contributed by atoms with Crippen LogP contribution in [0.2, 0.25) is 0 Å². The highest BCUT2D eigenvalue weighted by Gasteiger charge is 2.29. The van der Waals surface area contributed by atoms with E-state index in [9.17, 15) is 0 Å². The molecule has 0 aliphatic heterocycles. The molecular formula is C15H29NO. The van der Waals surface area contributed by atoms with Crippen molar-refractivity contribution >= 4 is 0 Å². The number of rotatable bonds is 2. The number of hydrogen-bond donors (Lipinski definition) is 1. The maximum Gasteiger partial charge on any atom is 0.0729 e. The van der Waals surface area contributed by atoms with Crippen molar-refractivity contribution in [3.63, 3.8) is 0 Å². The number of nitrogens with two attached hydrogens (primary N) is 1. The maximum absolute atomic E-state index is 6.34. The summed E-state index contributed by atoms with van der Waals surface area (Å²) < 4.78 is 6.34. The fourth-order valence-corrected chi connectivity index (χ4v) is 3.70. The van der Waals surface area contributed by atoms with Crippen LogP contribution in [0.5, 0.6) is 0 Å². The number of ether oxygens (including phenoxy) is 1. The van der Waals surface area contributed by atoms with Crippen molar-refractivity contribution in [2.24, 2.45) is 17.6 Å². The second-order valence-corrected chi connectivity index (χ2v) is 6.52. The molecule has 0 spiro atoms. The maximum atomic E-state index is 6.34. The Morgan fingerprint density at radius 1 is 0.882 bits per heavy atom. The topological polar surface area (TPSA) is 35.2 Å². The molecule has 17 heavy (non-hydrogen) atoms. The van der Waals surface area contributed by atoms with Gasteiger partial charge in [-0.1, -0.05) is 33.1 Å². The molecule has 0 aromatic carbocycles. The Morgan fingerprint density at radius 3 is 2.24 bits per heavy atom. The molecule has 2 N–H and O–H groups in total. The lowest BCUT2D eigenvalue weighted by Crippen LogP contribution is -2.40. The molecule has 0 aromatic heterocycles. The fraction of sp³-hybridized carbons (Fsp3) is 1.00. The van der Waals surface area contributed by atoms with Crippen LogP contribution in [0.4, 0.5) is 0 Å². The molecule has 2 fully saturated rings. The summed E-state index contributed by atoms with van der Waals surface area (Å²) >= 11 is 0. The Hall–Kier alpha value is -0.0800. The van der Waals surface area contributed by atoms with Crippen molar-refractivity contribution in [3.8, 4) is 0 Å². The molecule has 2 aliphatic rings. The van der Waals surface area contributed by atoms with Crippen LogP contribution in [0.3, 0.4) is 0 Å². The largest absolute Gasteiger partial charge is 0.373 e. The summed E-state index contributed by atoms with van der Waals surface area (Å²) in [6.07, 6.45) is 10.9. The van der Waals surface area contributed by atoms with Gasteiger partial charge in [-0.2, -0.15) is 0 Å². The van der Waals surface area contributed by atoms with Crippen molar-refractivity contribution < 1.29 is 4.74 Å². The first kappa shape index (κ1) is 13.4. The molecule has 0 bridgehead atoms. The van der Waals surface area contributed by atoms with E-state index in [0.717, 1.165) is 18.3 Å². The number of hydrogen-bond acceptors (Lipinski definition) is 2. The van der Waals surface area contributed by atoms with Gasteiger partial charge in [0.25, 0.3) is 0 Å². The SMILES string of the molecule is CC1CC(C)CC(OC2CCCCCC2N)C1. The predicted octanol–water partition coefficient (Wildman–Crippen LogP) is 3.49. The van der Waals surface area contributed by atoms with Gasteiger partial charge >= 0.3 is 0 Å². The highest BCUT2D eigenvalue weighted by atomic mass is 16.5. The summed E-state index contributed by atoms with van der Waals surface area (Å²) in [7, 11) is 0. The van der Waals surface area contributed by atoms with Gasteiger partial charge in [-0.3, -0.25) is 0 Å². The van der Waals surface area contributed by atoms with Gasteiger partial charge < -0.3 is 10.5 Å². The molecule has 4 atom stereocenters. The zero-order valence-electron chi connectivity index (χ0n) is 11.5. The van der Waals surface area contributed by atoms with Crippen LogP contribution >= 0.6 is 0 Å². The molecule has 0 aromatic rings. The molecule has 2 saturated carbocycles. The van der Waals surface area contributed by atoms with Gasteiger partial charge in [-0.15, -0.1) is 0 Å². The van der Waals surface area contributed by atoms with Gasteiger partial charge in [-0.25, -0.2) is 0 Å². The average molecular weight is 239 g/mol. The molecule has 2 aliphatic carbocycles. The predicted molar refractivity (Wildman–Crippen MR) is 71.9 cm³/mol. The van der Waals surface area contributed by atoms with Crippen molar-refractivity contribution in [3.05, 3.63) is 0 Å². The lowest BCUT2D eigenvalue weighted by molar-refractivity contribution is -0.0607. The average Bonchev–Trinajstić information content (AvgIpc) is 2.43. The standard InChI is InChI=1S/C15H29NO/c1-11-8-12(2)10-13(9-11)17-15-7-5-3-4-6-14(15)16/h11-15H,3-10,16H2,1-2H3. The lowest BCUT2D eigenvalue weighted by atomic mass is 9.81. The molecule has 2 nitrogen and oxygen atoms in total. The minimum atomic E-state index is 0.282. The van der Waals surface area contributed by atoms with Gasteiger partial charge in [0.05, 0.1) is 12.2 Å². The van der Waals surface area contributed by atoms with Crippen LogP contribution < -0.4 is 5.73 Å². The molecule has 100 valence electrons. The van der Waals surface area contributed by atoms with Crippen LogP contribution in [0, 0.1) is 11.8 Å². The van der Waals surface area contributed by atoms with Gasteiger partial charge in [0.2, 0.25) is 0 Å². The molecule has 0 radical (unpaired) electrons. The zero-order valence-corrected chi connectivity index (χ0v) is 11.5. The van der Waals surface area contributed by atoms with Crippen molar-refractivity contribution in [2.45, 2.75) is 83.5 Å². The van der Waals surface area contributed by atoms with E-state index in [4.69, 9.17) is 10.5 Å². The normalized spacial score (nSPS) is 44.3. The lowest BCUT2D eigenvalue weighted by Gasteiger charge is -2.35. The second kappa shape index (κ2) is 6.19. The molecule has 4 unspecified atom stereocenters. The summed E-state index contributed by atoms with van der Waals surface area (Å²) in [5.74, 6) is 1.65. The highest BCUT2D eigenvalue weighted by Crippen LogP contribution is 2.32. The zero-order chi connectivity index (χ0) is 12.3. The van der Waals surface area contributed by atoms with E-state index in [1.165, 1.54) is 44.9 Å². The van der Waals surface area contributed by atoms with E-state index in [1.54, 1.807) is 0 Å². The summed E-state index contributed by atoms with van der Waals surface area (Å²) in [6, 6.07) is 0.282. The molecule has 0 amide bonds. The van der Waals surface area contributed by atoms with Crippen LogP contribution in [0.1, 0.15) is 65.2 Å². The minimum Gasteiger partial charge on any atom is -0.373 e. The fourth-order valence-electron chi connectivity index (χ4n) is 3.70. The van der Waals surface area contributed by atoms with E-state index >= 15 is 0 Å². The van der Waals surface area contributed by atoms with Crippen LogP contribution in [0.25, 0.3) is 0 Å². The molecule has 0 heterocycles. The van der Waals surface area contributed by atoms with Gasteiger partial charge in [0, 0.05) is 6.04 Å². The van der Waals surface area contributed by atoms with Crippen molar-refractivity contribution in [1.29, 1.82) is 0 Å². The Kier molecular flexibility index (Phi) is 4.87. The monoisotopic (exact) mass is 239 g/mol.